The average molecular weight is 355 g/mol. The Balaban J connectivity index is 1.95. The molecule has 1 heterocycles. The van der Waals surface area contributed by atoms with E-state index in [1.165, 1.54) is 10.0 Å². The number of nitrogens with zero attached hydrogens (tertiary/aromatic N) is 1. The van der Waals surface area contributed by atoms with Crippen LogP contribution in [0, 0.1) is 0 Å². The maximum absolute atomic E-state index is 5.73. The number of ether oxygens (including phenoxy) is 1. The zero-order valence-corrected chi connectivity index (χ0v) is 14.7. The summed E-state index contributed by atoms with van der Waals surface area (Å²) in [6.45, 7) is 9.56. The van der Waals surface area contributed by atoms with Gasteiger partial charge in [0.1, 0.15) is 0 Å². The van der Waals surface area contributed by atoms with Crippen molar-refractivity contribution in [3.8, 4) is 0 Å². The van der Waals surface area contributed by atoms with Crippen LogP contribution in [0.3, 0.4) is 0 Å². The second kappa shape index (κ2) is 8.89. The second-order valence-electron chi connectivity index (χ2n) is 5.76. The van der Waals surface area contributed by atoms with Crippen LogP contribution in [0.2, 0.25) is 0 Å². The SMILES string of the molecule is CCNC(CCN1CCCOC(C)C1)c1ccccc1Br. The number of halogens is 1. The van der Waals surface area contributed by atoms with Gasteiger partial charge in [-0.3, -0.25) is 0 Å². The predicted molar refractivity (Wildman–Crippen MR) is 91.6 cm³/mol. The fraction of sp³-hybridized carbons (Fsp3) is 0.647. The van der Waals surface area contributed by atoms with Crippen LogP contribution in [0.25, 0.3) is 0 Å². The van der Waals surface area contributed by atoms with E-state index in [0.29, 0.717) is 12.1 Å². The highest BCUT2D eigenvalue weighted by atomic mass is 79.9. The van der Waals surface area contributed by atoms with E-state index < -0.39 is 0 Å². The van der Waals surface area contributed by atoms with Crippen molar-refractivity contribution >= 4 is 15.9 Å². The van der Waals surface area contributed by atoms with E-state index in [9.17, 15) is 0 Å². The first-order valence-electron chi connectivity index (χ1n) is 8.02. The van der Waals surface area contributed by atoms with E-state index in [4.69, 9.17) is 4.74 Å². The highest BCUT2D eigenvalue weighted by Gasteiger charge is 2.18. The molecule has 0 radical (unpaired) electrons. The van der Waals surface area contributed by atoms with Crippen molar-refractivity contribution in [1.82, 2.24) is 10.2 Å². The minimum Gasteiger partial charge on any atom is -0.377 e. The zero-order valence-electron chi connectivity index (χ0n) is 13.1. The van der Waals surface area contributed by atoms with E-state index >= 15 is 0 Å². The number of rotatable bonds is 6. The number of benzene rings is 1. The zero-order chi connectivity index (χ0) is 15.1. The Kier molecular flexibility index (Phi) is 7.17. The maximum atomic E-state index is 5.73. The maximum Gasteiger partial charge on any atom is 0.0673 e. The van der Waals surface area contributed by atoms with Crippen LogP contribution in [-0.2, 0) is 4.74 Å². The van der Waals surface area contributed by atoms with Crippen molar-refractivity contribution in [2.24, 2.45) is 0 Å². The molecular formula is C17H27BrN2O. The molecule has 0 spiro atoms. The van der Waals surface area contributed by atoms with Crippen molar-refractivity contribution in [3.05, 3.63) is 34.3 Å². The van der Waals surface area contributed by atoms with Gasteiger partial charge in [0, 0.05) is 36.8 Å². The summed E-state index contributed by atoms with van der Waals surface area (Å²) in [5.74, 6) is 0. The lowest BCUT2D eigenvalue weighted by Crippen LogP contribution is -2.33. The first kappa shape index (κ1) is 16.9. The van der Waals surface area contributed by atoms with Crippen LogP contribution in [-0.4, -0.2) is 43.8 Å². The lowest BCUT2D eigenvalue weighted by atomic mass is 10.0. The van der Waals surface area contributed by atoms with E-state index in [1.807, 2.05) is 0 Å². The Labute approximate surface area is 137 Å². The Morgan fingerprint density at radius 1 is 1.43 bits per heavy atom. The van der Waals surface area contributed by atoms with Gasteiger partial charge in [0.15, 0.2) is 0 Å². The van der Waals surface area contributed by atoms with E-state index in [1.54, 1.807) is 0 Å². The number of nitrogens with one attached hydrogen (secondary N) is 1. The van der Waals surface area contributed by atoms with Gasteiger partial charge >= 0.3 is 0 Å². The normalized spacial score (nSPS) is 22.0. The van der Waals surface area contributed by atoms with Crippen molar-refractivity contribution in [2.75, 3.05) is 32.8 Å². The van der Waals surface area contributed by atoms with Gasteiger partial charge < -0.3 is 15.0 Å². The fourth-order valence-electron chi connectivity index (χ4n) is 2.97. The van der Waals surface area contributed by atoms with Gasteiger partial charge in [-0.1, -0.05) is 41.1 Å². The standard InChI is InChI=1S/C17H27BrN2O/c1-3-19-17(15-7-4-5-8-16(15)18)9-11-20-10-6-12-21-14(2)13-20/h4-5,7-8,14,17,19H,3,6,9-13H2,1-2H3. The molecular weight excluding hydrogens is 328 g/mol. The third-order valence-electron chi connectivity index (χ3n) is 4.00. The van der Waals surface area contributed by atoms with Gasteiger partial charge in [-0.2, -0.15) is 0 Å². The number of hydrogen-bond donors (Lipinski definition) is 1. The lowest BCUT2D eigenvalue weighted by Gasteiger charge is -2.26. The molecule has 21 heavy (non-hydrogen) atoms. The Hall–Kier alpha value is -0.420. The van der Waals surface area contributed by atoms with Crippen molar-refractivity contribution in [1.29, 1.82) is 0 Å². The third kappa shape index (κ3) is 5.37. The summed E-state index contributed by atoms with van der Waals surface area (Å²) in [6, 6.07) is 8.94. The van der Waals surface area contributed by atoms with Gasteiger partial charge in [-0.15, -0.1) is 0 Å². The largest absolute Gasteiger partial charge is 0.377 e. The molecule has 0 aromatic heterocycles. The second-order valence-corrected chi connectivity index (χ2v) is 6.61. The van der Waals surface area contributed by atoms with Crippen LogP contribution in [0.1, 0.15) is 38.3 Å². The first-order chi connectivity index (χ1) is 10.2. The monoisotopic (exact) mass is 354 g/mol. The summed E-state index contributed by atoms with van der Waals surface area (Å²) in [4.78, 5) is 2.54. The van der Waals surface area contributed by atoms with E-state index in [0.717, 1.165) is 45.6 Å². The van der Waals surface area contributed by atoms with Crippen LogP contribution in [0.4, 0.5) is 0 Å². The molecule has 4 heteroatoms. The molecule has 2 unspecified atom stereocenters. The van der Waals surface area contributed by atoms with Gasteiger partial charge in [-0.25, -0.2) is 0 Å². The van der Waals surface area contributed by atoms with Crippen molar-refractivity contribution in [2.45, 2.75) is 38.8 Å². The molecule has 1 fully saturated rings. The summed E-state index contributed by atoms with van der Waals surface area (Å²) in [5.41, 5.74) is 1.36. The molecule has 1 aromatic carbocycles. The summed E-state index contributed by atoms with van der Waals surface area (Å²) < 4.78 is 6.92. The molecule has 1 aliphatic rings. The summed E-state index contributed by atoms with van der Waals surface area (Å²) in [7, 11) is 0. The fourth-order valence-corrected chi connectivity index (χ4v) is 3.53. The van der Waals surface area contributed by atoms with Crippen molar-refractivity contribution < 1.29 is 4.74 Å². The van der Waals surface area contributed by atoms with Crippen molar-refractivity contribution in [3.63, 3.8) is 0 Å². The highest BCUT2D eigenvalue weighted by molar-refractivity contribution is 9.10. The molecule has 0 amide bonds. The minimum absolute atomic E-state index is 0.355. The molecule has 118 valence electrons. The van der Waals surface area contributed by atoms with Crippen LogP contribution in [0.15, 0.2) is 28.7 Å². The first-order valence-corrected chi connectivity index (χ1v) is 8.81. The smallest absolute Gasteiger partial charge is 0.0673 e. The molecule has 3 nitrogen and oxygen atoms in total. The number of hydrogen-bond acceptors (Lipinski definition) is 3. The Bertz CT molecular complexity index is 427. The molecule has 0 bridgehead atoms. The van der Waals surface area contributed by atoms with Crippen LogP contribution < -0.4 is 5.32 Å². The van der Waals surface area contributed by atoms with E-state index in [-0.39, 0.29) is 0 Å². The molecule has 1 saturated heterocycles. The van der Waals surface area contributed by atoms with Gasteiger partial charge in [0.25, 0.3) is 0 Å². The molecule has 0 saturated carbocycles. The molecule has 2 rings (SSSR count). The third-order valence-corrected chi connectivity index (χ3v) is 4.72. The van der Waals surface area contributed by atoms with E-state index in [2.05, 4.69) is 64.3 Å². The Morgan fingerprint density at radius 3 is 3.00 bits per heavy atom. The average Bonchev–Trinajstić information content (AvgIpc) is 2.68. The summed E-state index contributed by atoms with van der Waals surface area (Å²) in [6.07, 6.45) is 2.63. The quantitative estimate of drug-likeness (QED) is 0.844. The van der Waals surface area contributed by atoms with Crippen LogP contribution in [0.5, 0.6) is 0 Å². The molecule has 1 aromatic rings. The summed E-state index contributed by atoms with van der Waals surface area (Å²) >= 11 is 3.68. The Morgan fingerprint density at radius 2 is 2.24 bits per heavy atom. The summed E-state index contributed by atoms with van der Waals surface area (Å²) in [5, 5.41) is 3.62. The minimum atomic E-state index is 0.355. The molecule has 2 atom stereocenters. The van der Waals surface area contributed by atoms with Gasteiger partial charge in [0.05, 0.1) is 6.10 Å². The lowest BCUT2D eigenvalue weighted by molar-refractivity contribution is 0.0672. The predicted octanol–water partition coefficient (Wildman–Crippen LogP) is 3.60. The molecule has 0 aliphatic carbocycles. The molecule has 1 aliphatic heterocycles. The highest BCUT2D eigenvalue weighted by Crippen LogP contribution is 2.25. The topological polar surface area (TPSA) is 24.5 Å². The van der Waals surface area contributed by atoms with Gasteiger partial charge in [0.2, 0.25) is 0 Å². The van der Waals surface area contributed by atoms with Gasteiger partial charge in [-0.05, 0) is 37.9 Å². The van der Waals surface area contributed by atoms with Crippen LogP contribution >= 0.6 is 15.9 Å². The molecule has 1 N–H and O–H groups in total.